The smallest absolute Gasteiger partial charge is 0.227 e. The van der Waals surface area contributed by atoms with Gasteiger partial charge >= 0.3 is 0 Å². The predicted octanol–water partition coefficient (Wildman–Crippen LogP) is 5.63. The average Bonchev–Trinajstić information content (AvgIpc) is 2.99. The zero-order valence-corrected chi connectivity index (χ0v) is 14.0. The molecule has 0 radical (unpaired) electrons. The topological polar surface area (TPSA) is 38.9 Å². The van der Waals surface area contributed by atoms with Crippen LogP contribution in [0.25, 0.3) is 33.3 Å². The van der Waals surface area contributed by atoms with Crippen LogP contribution in [-0.2, 0) is 6.37 Å². The van der Waals surface area contributed by atoms with E-state index in [9.17, 15) is 0 Å². The van der Waals surface area contributed by atoms with Crippen LogP contribution in [0.4, 0.5) is 0 Å². The molecule has 3 aromatic heterocycles. The van der Waals surface area contributed by atoms with Crippen molar-refractivity contribution in [3.63, 3.8) is 0 Å². The molecular formula is C21H20N2O. The summed E-state index contributed by atoms with van der Waals surface area (Å²) in [6, 6.07) is 13.4. The molecule has 0 saturated carbocycles. The number of fused-ring (bicyclic) bond motifs is 3. The largest absolute Gasteiger partial charge is 0.437 e. The summed E-state index contributed by atoms with van der Waals surface area (Å²) >= 11 is 0. The van der Waals surface area contributed by atoms with Gasteiger partial charge in [-0.15, -0.1) is 0 Å². The van der Waals surface area contributed by atoms with Gasteiger partial charge in [-0.2, -0.15) is 0 Å². The van der Waals surface area contributed by atoms with E-state index in [-0.39, 0.29) is 0 Å². The molecule has 3 nitrogen and oxygen atoms in total. The molecule has 1 aromatic carbocycles. The number of pyridine rings is 2. The van der Waals surface area contributed by atoms with E-state index in [2.05, 4.69) is 9.97 Å². The van der Waals surface area contributed by atoms with E-state index in [1.165, 1.54) is 0 Å². The average molecular weight is 318 g/mol. The molecule has 0 spiro atoms. The number of furan rings is 1. The van der Waals surface area contributed by atoms with Gasteiger partial charge in [-0.3, -0.25) is 4.98 Å². The highest BCUT2D eigenvalue weighted by molar-refractivity contribution is 6.08. The first kappa shape index (κ1) is 12.7. The number of para-hydroxylation sites is 1. The third kappa shape index (κ3) is 2.67. The molecule has 0 amide bonds. The lowest BCUT2D eigenvalue weighted by molar-refractivity contribution is 0.411. The van der Waals surface area contributed by atoms with Crippen molar-refractivity contribution in [2.75, 3.05) is 0 Å². The lowest BCUT2D eigenvalue weighted by Crippen LogP contribution is -2.09. The standard InChI is InChI=1S/C21H20N2O/c1-21(2,3)13-14-9-11-22-18(12-14)17-7-4-6-15-16-8-5-10-23-20(16)24-19(15)17/h4-12H,13H2,1-3H3/i13D2. The molecule has 0 bridgehead atoms. The molecule has 24 heavy (non-hydrogen) atoms. The zero-order valence-electron chi connectivity index (χ0n) is 16.0. The molecule has 0 atom stereocenters. The van der Waals surface area contributed by atoms with Crippen molar-refractivity contribution >= 4 is 22.1 Å². The van der Waals surface area contributed by atoms with E-state index < -0.39 is 11.8 Å². The summed E-state index contributed by atoms with van der Waals surface area (Å²) in [6.07, 6.45) is 1.89. The highest BCUT2D eigenvalue weighted by Gasteiger charge is 2.15. The monoisotopic (exact) mass is 318 g/mol. The van der Waals surface area contributed by atoms with Crippen LogP contribution in [0.3, 0.4) is 0 Å². The van der Waals surface area contributed by atoms with Crippen LogP contribution in [-0.4, -0.2) is 9.97 Å². The van der Waals surface area contributed by atoms with Gasteiger partial charge in [0.1, 0.15) is 5.58 Å². The van der Waals surface area contributed by atoms with E-state index in [0.29, 0.717) is 17.0 Å². The van der Waals surface area contributed by atoms with Crippen molar-refractivity contribution in [2.24, 2.45) is 5.41 Å². The molecule has 0 unspecified atom stereocenters. The molecule has 120 valence electrons. The lowest BCUT2D eigenvalue weighted by Gasteiger charge is -2.18. The molecule has 0 fully saturated rings. The number of hydrogen-bond acceptors (Lipinski definition) is 3. The van der Waals surface area contributed by atoms with Gasteiger partial charge in [0.25, 0.3) is 0 Å². The van der Waals surface area contributed by atoms with E-state index in [1.807, 2.05) is 57.2 Å². The number of nitrogens with zero attached hydrogens (tertiary/aromatic N) is 2. The fourth-order valence-corrected chi connectivity index (χ4v) is 2.92. The molecule has 4 rings (SSSR count). The second-order valence-electron chi connectivity index (χ2n) is 6.95. The Kier molecular flexibility index (Phi) is 2.88. The molecule has 3 heteroatoms. The Hall–Kier alpha value is -2.68. The van der Waals surface area contributed by atoms with Gasteiger partial charge in [0.05, 0.1) is 5.69 Å². The molecule has 3 heterocycles. The summed E-state index contributed by atoms with van der Waals surface area (Å²) in [5.41, 5.74) is 2.94. The van der Waals surface area contributed by atoms with E-state index in [0.717, 1.165) is 21.9 Å². The van der Waals surface area contributed by atoms with Gasteiger partial charge < -0.3 is 4.42 Å². The van der Waals surface area contributed by atoms with Crippen LogP contribution in [0, 0.1) is 5.41 Å². The summed E-state index contributed by atoms with van der Waals surface area (Å²) in [4.78, 5) is 8.77. The minimum atomic E-state index is -1.48. The Labute approximate surface area is 144 Å². The van der Waals surface area contributed by atoms with Crippen molar-refractivity contribution in [3.05, 3.63) is 60.4 Å². The minimum Gasteiger partial charge on any atom is -0.437 e. The fraction of sp³-hybridized carbons (Fsp3) is 0.238. The van der Waals surface area contributed by atoms with Crippen LogP contribution >= 0.6 is 0 Å². The summed E-state index contributed by atoms with van der Waals surface area (Å²) in [6.45, 7) is 5.70. The van der Waals surface area contributed by atoms with Crippen molar-refractivity contribution in [3.8, 4) is 11.3 Å². The number of aromatic nitrogens is 2. The minimum absolute atomic E-state index is 0.527. The highest BCUT2D eigenvalue weighted by atomic mass is 16.3. The van der Waals surface area contributed by atoms with Gasteiger partial charge in [0.2, 0.25) is 5.71 Å². The first-order valence-electron chi connectivity index (χ1n) is 9.02. The second kappa shape index (κ2) is 5.45. The maximum Gasteiger partial charge on any atom is 0.227 e. The maximum atomic E-state index is 8.53. The molecule has 0 N–H and O–H groups in total. The third-order valence-electron chi connectivity index (χ3n) is 3.83. The van der Waals surface area contributed by atoms with Gasteiger partial charge in [-0.1, -0.05) is 32.9 Å². The molecule has 0 aliphatic carbocycles. The summed E-state index contributed by atoms with van der Waals surface area (Å²) in [7, 11) is 0. The van der Waals surface area contributed by atoms with E-state index >= 15 is 0 Å². The van der Waals surface area contributed by atoms with Crippen molar-refractivity contribution in [1.29, 1.82) is 0 Å². The number of rotatable bonds is 2. The van der Waals surface area contributed by atoms with Crippen LogP contribution < -0.4 is 0 Å². The quantitative estimate of drug-likeness (QED) is 0.480. The third-order valence-corrected chi connectivity index (χ3v) is 3.83. The molecular weight excluding hydrogens is 296 g/mol. The number of hydrogen-bond donors (Lipinski definition) is 0. The Bertz CT molecular complexity index is 1110. The van der Waals surface area contributed by atoms with Crippen LogP contribution in [0.2, 0.25) is 0 Å². The Morgan fingerprint density at radius 3 is 2.67 bits per heavy atom. The van der Waals surface area contributed by atoms with E-state index in [1.54, 1.807) is 18.5 Å². The molecule has 0 aliphatic heterocycles. The second-order valence-corrected chi connectivity index (χ2v) is 6.95. The molecule has 0 saturated heterocycles. The SMILES string of the molecule is [2H]C([2H])(c1ccnc(-c2cccc3c2oc2ncccc23)c1)C(C)(C)C. The lowest BCUT2D eigenvalue weighted by atomic mass is 9.88. The van der Waals surface area contributed by atoms with Crippen molar-refractivity contribution < 1.29 is 7.16 Å². The first-order valence-corrected chi connectivity index (χ1v) is 8.02. The van der Waals surface area contributed by atoms with Gasteiger partial charge in [-0.05, 0) is 47.7 Å². The van der Waals surface area contributed by atoms with Crippen LogP contribution in [0.1, 0.15) is 29.1 Å². The zero-order chi connectivity index (χ0) is 18.5. The van der Waals surface area contributed by atoms with Crippen LogP contribution in [0.5, 0.6) is 0 Å². The van der Waals surface area contributed by atoms with Crippen LogP contribution in [0.15, 0.2) is 59.3 Å². The normalized spacial score (nSPS) is 14.0. The Balaban J connectivity index is 1.93. The predicted molar refractivity (Wildman–Crippen MR) is 97.9 cm³/mol. The summed E-state index contributed by atoms with van der Waals surface area (Å²) < 4.78 is 23.1. The summed E-state index contributed by atoms with van der Waals surface area (Å²) in [5, 5.41) is 1.95. The van der Waals surface area contributed by atoms with E-state index in [4.69, 9.17) is 7.16 Å². The molecule has 0 aliphatic rings. The first-order chi connectivity index (χ1) is 12.3. The fourth-order valence-electron chi connectivity index (χ4n) is 2.92. The highest BCUT2D eigenvalue weighted by Crippen LogP contribution is 2.34. The van der Waals surface area contributed by atoms with Gasteiger partial charge in [0.15, 0.2) is 0 Å². The molecule has 4 aromatic rings. The number of benzene rings is 1. The Morgan fingerprint density at radius 2 is 1.83 bits per heavy atom. The van der Waals surface area contributed by atoms with Crippen molar-refractivity contribution in [2.45, 2.75) is 27.1 Å². The van der Waals surface area contributed by atoms with Gasteiger partial charge in [0, 0.05) is 31.5 Å². The maximum absolute atomic E-state index is 8.53. The summed E-state index contributed by atoms with van der Waals surface area (Å²) in [5.74, 6) is 0. The Morgan fingerprint density at radius 1 is 1.00 bits per heavy atom. The van der Waals surface area contributed by atoms with Gasteiger partial charge in [-0.25, -0.2) is 4.98 Å². The van der Waals surface area contributed by atoms with Crippen molar-refractivity contribution in [1.82, 2.24) is 9.97 Å².